The van der Waals surface area contributed by atoms with E-state index in [1.807, 2.05) is 12.1 Å². The summed E-state index contributed by atoms with van der Waals surface area (Å²) in [5.41, 5.74) is 2.33. The van der Waals surface area contributed by atoms with Crippen molar-refractivity contribution < 1.29 is 9.26 Å². The van der Waals surface area contributed by atoms with Gasteiger partial charge in [-0.25, -0.2) is 0 Å². The summed E-state index contributed by atoms with van der Waals surface area (Å²) in [7, 11) is 1.70. The predicted octanol–water partition coefficient (Wildman–Crippen LogP) is 5.88. The molecule has 1 atom stereocenters. The monoisotopic (exact) mass is 474 g/mol. The van der Waals surface area contributed by atoms with E-state index in [1.54, 1.807) is 7.11 Å². The number of benzene rings is 5. The minimum atomic E-state index is -3.56. The van der Waals surface area contributed by atoms with Gasteiger partial charge in [-0.15, -0.1) is 0 Å². The van der Waals surface area contributed by atoms with Crippen molar-refractivity contribution in [1.29, 1.82) is 0 Å². The zero-order chi connectivity index (χ0) is 23.7. The van der Waals surface area contributed by atoms with Crippen LogP contribution in [0.2, 0.25) is 0 Å². The second kappa shape index (κ2) is 8.50. The van der Waals surface area contributed by atoms with Crippen LogP contribution in [0.1, 0.15) is 17.2 Å². The Morgan fingerprint density at radius 3 is 1.49 bits per heavy atom. The van der Waals surface area contributed by atoms with Gasteiger partial charge in [0.15, 0.2) is 0 Å². The Balaban J connectivity index is 1.77. The predicted molar refractivity (Wildman–Crippen MR) is 147 cm³/mol. The maximum absolute atomic E-state index is 7.71. The summed E-state index contributed by atoms with van der Waals surface area (Å²) >= 11 is 0. The van der Waals surface area contributed by atoms with E-state index in [0.29, 0.717) is 0 Å². The van der Waals surface area contributed by atoms with Gasteiger partial charge in [-0.05, 0) is 0 Å². The van der Waals surface area contributed by atoms with Gasteiger partial charge in [-0.1, -0.05) is 0 Å². The van der Waals surface area contributed by atoms with E-state index in [0.717, 1.165) is 11.3 Å². The van der Waals surface area contributed by atoms with Gasteiger partial charge in [-0.3, -0.25) is 0 Å². The Morgan fingerprint density at radius 2 is 1.00 bits per heavy atom. The second-order valence-corrected chi connectivity index (χ2v) is 13.2. The molecule has 6 rings (SSSR count). The molecule has 0 amide bonds. The second-order valence-electron chi connectivity index (χ2n) is 8.86. The van der Waals surface area contributed by atoms with Gasteiger partial charge in [0, 0.05) is 0 Å². The van der Waals surface area contributed by atoms with Gasteiger partial charge < -0.3 is 0 Å². The number of ether oxygens (including phenoxy) is 1. The number of hydrogen-bond donors (Lipinski definition) is 0. The van der Waals surface area contributed by atoms with E-state index in [-0.39, 0.29) is 6.10 Å². The van der Waals surface area contributed by atoms with Crippen LogP contribution in [0, 0.1) is 0 Å². The van der Waals surface area contributed by atoms with Crippen LogP contribution in [-0.2, 0) is 4.52 Å². The summed E-state index contributed by atoms with van der Waals surface area (Å²) in [6.07, 6.45) is -0.213. The molecule has 172 valence electrons. The van der Waals surface area contributed by atoms with Crippen LogP contribution in [-0.4, -0.2) is 7.11 Å². The Morgan fingerprint density at radius 1 is 0.543 bits per heavy atom. The van der Waals surface area contributed by atoms with E-state index < -0.39 is 6.83 Å². The molecular weight excluding hydrogens is 447 g/mol. The molecule has 5 aromatic rings. The van der Waals surface area contributed by atoms with Crippen LogP contribution in [0.5, 0.6) is 5.75 Å². The molecule has 0 aromatic heterocycles. The van der Waals surface area contributed by atoms with Crippen molar-refractivity contribution in [3.8, 4) is 5.75 Å². The molecule has 35 heavy (non-hydrogen) atoms. The molecule has 0 saturated heterocycles. The van der Waals surface area contributed by atoms with Gasteiger partial charge in [0.2, 0.25) is 0 Å². The third kappa shape index (κ3) is 3.04. The van der Waals surface area contributed by atoms with Gasteiger partial charge in [0.05, 0.1) is 0 Å². The Bertz CT molecular complexity index is 1350. The first-order chi connectivity index (χ1) is 17.3. The quantitative estimate of drug-likeness (QED) is 0.296. The van der Waals surface area contributed by atoms with Gasteiger partial charge >= 0.3 is 207 Å². The topological polar surface area (TPSA) is 18.5 Å². The first kappa shape index (κ1) is 21.8. The molecular formula is C32H27O2P. The summed E-state index contributed by atoms with van der Waals surface area (Å²) in [6.45, 7) is -3.56. The first-order valence-electron chi connectivity index (χ1n) is 11.9. The third-order valence-corrected chi connectivity index (χ3v) is 13.0. The summed E-state index contributed by atoms with van der Waals surface area (Å²) in [5, 5.41) is 4.89. The molecule has 1 aliphatic rings. The number of hydrogen-bond acceptors (Lipinski definition) is 2. The fraction of sp³-hybridized carbons (Fsp3) is 0.0625. The molecule has 0 spiro atoms. The first-order valence-corrected chi connectivity index (χ1v) is 14.0. The van der Waals surface area contributed by atoms with E-state index in [1.165, 1.54) is 26.8 Å². The zero-order valence-electron chi connectivity index (χ0n) is 19.6. The van der Waals surface area contributed by atoms with Gasteiger partial charge in [0.1, 0.15) is 0 Å². The van der Waals surface area contributed by atoms with E-state index in [2.05, 4.69) is 127 Å². The zero-order valence-corrected chi connectivity index (χ0v) is 20.5. The van der Waals surface area contributed by atoms with Gasteiger partial charge in [-0.2, -0.15) is 0 Å². The molecule has 2 nitrogen and oxygen atoms in total. The van der Waals surface area contributed by atoms with Crippen LogP contribution in [0.25, 0.3) is 0 Å². The van der Waals surface area contributed by atoms with E-state index >= 15 is 0 Å². The summed E-state index contributed by atoms with van der Waals surface area (Å²) in [5.74, 6) is 0.840. The normalized spacial score (nSPS) is 18.7. The summed E-state index contributed by atoms with van der Waals surface area (Å²) < 4.78 is 13.2. The molecule has 0 radical (unpaired) electrons. The van der Waals surface area contributed by atoms with Crippen molar-refractivity contribution in [2.75, 3.05) is 7.11 Å². The molecule has 1 aliphatic heterocycles. The number of rotatable bonds is 5. The van der Waals surface area contributed by atoms with Crippen LogP contribution in [0.4, 0.5) is 0 Å². The van der Waals surface area contributed by atoms with Crippen LogP contribution in [0.3, 0.4) is 0 Å². The molecule has 0 bridgehead atoms. The van der Waals surface area contributed by atoms with Crippen molar-refractivity contribution in [2.45, 2.75) is 6.10 Å². The average molecular weight is 475 g/mol. The molecule has 1 heterocycles. The molecule has 0 saturated carbocycles. The van der Waals surface area contributed by atoms with Crippen molar-refractivity contribution in [3.05, 3.63) is 151 Å². The fourth-order valence-corrected chi connectivity index (χ4v) is 11.8. The van der Waals surface area contributed by atoms with Gasteiger partial charge in [0.25, 0.3) is 0 Å². The maximum atomic E-state index is 7.71. The Hall–Kier alpha value is -3.71. The summed E-state index contributed by atoms with van der Waals surface area (Å²) in [4.78, 5) is 0. The number of fused-ring (bicyclic) bond motifs is 1. The van der Waals surface area contributed by atoms with Crippen LogP contribution >= 0.6 is 6.83 Å². The molecule has 0 unspecified atom stereocenters. The van der Waals surface area contributed by atoms with E-state index in [4.69, 9.17) is 9.26 Å². The van der Waals surface area contributed by atoms with Crippen LogP contribution < -0.4 is 26.0 Å². The third-order valence-electron chi connectivity index (χ3n) is 7.16. The fourth-order valence-electron chi connectivity index (χ4n) is 5.63. The van der Waals surface area contributed by atoms with Crippen molar-refractivity contribution >= 4 is 28.0 Å². The molecule has 3 heteroatoms. The molecule has 0 N–H and O–H groups in total. The molecule has 0 fully saturated rings. The standard InChI is InChI=1S/C32H27O2P/c1-33-26-23-21-25(22-24-26)32-30-19-11-12-20-31(30)35(34-32,27-13-5-2-6-14-27,28-15-7-3-8-16-28)29-17-9-4-10-18-29/h2-24,32H,1H3/t32-/m0/s1. The van der Waals surface area contributed by atoms with Crippen molar-refractivity contribution in [1.82, 2.24) is 0 Å². The Labute approximate surface area is 206 Å². The molecule has 5 aromatic carbocycles. The Kier molecular flexibility index (Phi) is 5.29. The van der Waals surface area contributed by atoms with Crippen LogP contribution in [0.15, 0.2) is 140 Å². The number of methoxy groups -OCH3 is 1. The van der Waals surface area contributed by atoms with Crippen molar-refractivity contribution in [3.63, 3.8) is 0 Å². The SMILES string of the molecule is COc1ccc([C@@H]2OP(c3ccccc3)(c3ccccc3)(c3ccccc3)c3ccccc32)cc1. The van der Waals surface area contributed by atoms with Crippen molar-refractivity contribution in [2.24, 2.45) is 0 Å². The average Bonchev–Trinajstić information content (AvgIpc) is 3.28. The minimum absolute atomic E-state index is 0.213. The molecule has 0 aliphatic carbocycles. The van der Waals surface area contributed by atoms with E-state index in [9.17, 15) is 0 Å². The summed E-state index contributed by atoms with van der Waals surface area (Å²) in [6, 6.07) is 49.5.